The molecule has 0 aliphatic rings. The summed E-state index contributed by atoms with van der Waals surface area (Å²) in [5.74, 6) is 1.65. The van der Waals surface area contributed by atoms with Crippen LogP contribution in [0.4, 0.5) is 11.6 Å². The van der Waals surface area contributed by atoms with Crippen LogP contribution in [-0.2, 0) is 6.54 Å². The predicted octanol–water partition coefficient (Wildman–Crippen LogP) is 4.67. The summed E-state index contributed by atoms with van der Waals surface area (Å²) >= 11 is 5.55. The standard InChI is InChI=1S/C24H28N6OS/c1-15-9-8-11-20(18(15)4)28-24(32)30-22(29-23-26-16(2)13-17(3)27-23)25-14-19-10-6-7-12-21(19)31-5/h6-13H,14H2,1-5H3,(H3,25,26,27,28,29,30,32). The zero-order valence-corrected chi connectivity index (χ0v) is 19.8. The summed E-state index contributed by atoms with van der Waals surface area (Å²) in [6, 6.07) is 15.7. The van der Waals surface area contributed by atoms with Crippen molar-refractivity contribution >= 4 is 34.9 Å². The van der Waals surface area contributed by atoms with Gasteiger partial charge in [0, 0.05) is 22.6 Å². The number of aromatic nitrogens is 2. The quantitative estimate of drug-likeness (QED) is 0.297. The van der Waals surface area contributed by atoms with Gasteiger partial charge in [0.2, 0.25) is 11.9 Å². The maximum absolute atomic E-state index is 5.55. The molecule has 0 bridgehead atoms. The van der Waals surface area contributed by atoms with Gasteiger partial charge in [0.15, 0.2) is 5.11 Å². The van der Waals surface area contributed by atoms with Crippen molar-refractivity contribution in [3.8, 4) is 5.75 Å². The van der Waals surface area contributed by atoms with E-state index in [1.54, 1.807) is 7.11 Å². The maximum Gasteiger partial charge on any atom is 0.229 e. The first kappa shape index (κ1) is 23.1. The number of aliphatic imine (C=N–C) groups is 1. The highest BCUT2D eigenvalue weighted by Crippen LogP contribution is 2.19. The van der Waals surface area contributed by atoms with Crippen LogP contribution in [-0.4, -0.2) is 28.1 Å². The molecule has 1 heterocycles. The molecular formula is C24H28N6OS. The first-order valence-corrected chi connectivity index (χ1v) is 10.7. The largest absolute Gasteiger partial charge is 0.496 e. The Morgan fingerprint density at radius 1 is 0.969 bits per heavy atom. The highest BCUT2D eigenvalue weighted by molar-refractivity contribution is 7.80. The third-order valence-corrected chi connectivity index (χ3v) is 5.10. The van der Waals surface area contributed by atoms with Crippen LogP contribution in [0, 0.1) is 27.7 Å². The molecule has 0 spiro atoms. The van der Waals surface area contributed by atoms with Crippen molar-refractivity contribution in [1.82, 2.24) is 15.3 Å². The van der Waals surface area contributed by atoms with Crippen molar-refractivity contribution in [2.24, 2.45) is 4.99 Å². The normalized spacial score (nSPS) is 11.1. The van der Waals surface area contributed by atoms with E-state index in [0.717, 1.165) is 34.0 Å². The molecule has 2 aromatic carbocycles. The fourth-order valence-electron chi connectivity index (χ4n) is 3.14. The lowest BCUT2D eigenvalue weighted by Gasteiger charge is -2.16. The van der Waals surface area contributed by atoms with Crippen molar-refractivity contribution in [3.05, 3.63) is 76.6 Å². The Morgan fingerprint density at radius 3 is 2.41 bits per heavy atom. The molecule has 0 aliphatic carbocycles. The predicted molar refractivity (Wildman–Crippen MR) is 135 cm³/mol. The first-order chi connectivity index (χ1) is 15.4. The van der Waals surface area contributed by atoms with Crippen LogP contribution < -0.4 is 20.7 Å². The number of nitrogens with zero attached hydrogens (tertiary/aromatic N) is 3. The van der Waals surface area contributed by atoms with Crippen LogP contribution in [0.3, 0.4) is 0 Å². The molecule has 0 unspecified atom stereocenters. The van der Waals surface area contributed by atoms with E-state index in [-0.39, 0.29) is 0 Å². The van der Waals surface area contributed by atoms with Gasteiger partial charge in [-0.25, -0.2) is 15.0 Å². The van der Waals surface area contributed by atoms with Gasteiger partial charge in [0.25, 0.3) is 0 Å². The van der Waals surface area contributed by atoms with Crippen molar-refractivity contribution in [1.29, 1.82) is 0 Å². The Balaban J connectivity index is 1.83. The van der Waals surface area contributed by atoms with Gasteiger partial charge in [0.1, 0.15) is 5.75 Å². The van der Waals surface area contributed by atoms with Gasteiger partial charge in [-0.3, -0.25) is 5.32 Å². The van der Waals surface area contributed by atoms with Gasteiger partial charge in [-0.15, -0.1) is 0 Å². The second-order valence-corrected chi connectivity index (χ2v) is 7.81. The number of thiocarbonyl (C=S) groups is 1. The summed E-state index contributed by atoms with van der Waals surface area (Å²) < 4.78 is 5.44. The molecule has 7 nitrogen and oxygen atoms in total. The summed E-state index contributed by atoms with van der Waals surface area (Å²) in [4.78, 5) is 13.6. The lowest BCUT2D eigenvalue weighted by Crippen LogP contribution is -2.39. The van der Waals surface area contributed by atoms with E-state index in [1.165, 1.54) is 5.56 Å². The monoisotopic (exact) mass is 448 g/mol. The molecule has 3 aromatic rings. The summed E-state index contributed by atoms with van der Waals surface area (Å²) in [6.07, 6.45) is 0. The lowest BCUT2D eigenvalue weighted by atomic mass is 10.1. The summed E-state index contributed by atoms with van der Waals surface area (Å²) in [7, 11) is 1.65. The fraction of sp³-hybridized carbons (Fsp3) is 0.250. The van der Waals surface area contributed by atoms with Gasteiger partial charge >= 0.3 is 0 Å². The molecule has 0 radical (unpaired) electrons. The Morgan fingerprint density at radius 2 is 1.69 bits per heavy atom. The van der Waals surface area contributed by atoms with Crippen molar-refractivity contribution in [3.63, 3.8) is 0 Å². The summed E-state index contributed by atoms with van der Waals surface area (Å²) in [6.45, 7) is 8.35. The van der Waals surface area contributed by atoms with Gasteiger partial charge in [-0.2, -0.15) is 0 Å². The molecule has 0 saturated heterocycles. The number of para-hydroxylation sites is 1. The lowest BCUT2D eigenvalue weighted by molar-refractivity contribution is 0.410. The number of methoxy groups -OCH3 is 1. The van der Waals surface area contributed by atoms with Gasteiger partial charge in [-0.1, -0.05) is 30.3 Å². The fourth-order valence-corrected chi connectivity index (χ4v) is 3.35. The number of rotatable bonds is 5. The van der Waals surface area contributed by atoms with Crippen molar-refractivity contribution in [2.45, 2.75) is 34.2 Å². The highest BCUT2D eigenvalue weighted by atomic mass is 32.1. The number of benzene rings is 2. The molecule has 0 atom stereocenters. The van der Waals surface area contributed by atoms with Crippen LogP contribution in [0.25, 0.3) is 0 Å². The van der Waals surface area contributed by atoms with Gasteiger partial charge in [0.05, 0.1) is 13.7 Å². The van der Waals surface area contributed by atoms with E-state index < -0.39 is 0 Å². The minimum atomic E-state index is 0.385. The van der Waals surface area contributed by atoms with Crippen molar-refractivity contribution in [2.75, 3.05) is 17.7 Å². The number of anilines is 2. The minimum Gasteiger partial charge on any atom is -0.496 e. The topological polar surface area (TPSA) is 83.5 Å². The molecule has 3 N–H and O–H groups in total. The molecule has 1 aromatic heterocycles. The first-order valence-electron chi connectivity index (χ1n) is 10.3. The zero-order chi connectivity index (χ0) is 23.1. The van der Waals surface area contributed by atoms with E-state index in [9.17, 15) is 0 Å². The average Bonchev–Trinajstić information content (AvgIpc) is 2.74. The van der Waals surface area contributed by atoms with Crippen LogP contribution >= 0.6 is 12.2 Å². The molecule has 3 rings (SSSR count). The van der Waals surface area contributed by atoms with Gasteiger partial charge in [-0.05, 0) is 69.2 Å². The summed E-state index contributed by atoms with van der Waals surface area (Å²) in [5, 5.41) is 9.96. The molecule has 0 amide bonds. The molecule has 8 heteroatoms. The third kappa shape index (κ3) is 6.24. The summed E-state index contributed by atoms with van der Waals surface area (Å²) in [5.41, 5.74) is 5.93. The Labute approximate surface area is 194 Å². The Bertz CT molecular complexity index is 1120. The average molecular weight is 449 g/mol. The number of hydrogen-bond donors (Lipinski definition) is 3. The van der Waals surface area contributed by atoms with Crippen LogP contribution in [0.5, 0.6) is 5.75 Å². The SMILES string of the molecule is COc1ccccc1CN=C(NC(=S)Nc1cccc(C)c1C)Nc1nc(C)cc(C)n1. The smallest absolute Gasteiger partial charge is 0.229 e. The number of nitrogens with one attached hydrogen (secondary N) is 3. The zero-order valence-electron chi connectivity index (χ0n) is 19.0. The van der Waals surface area contributed by atoms with Gasteiger partial charge < -0.3 is 15.4 Å². The Kier molecular flexibility index (Phi) is 7.72. The minimum absolute atomic E-state index is 0.385. The van der Waals surface area contributed by atoms with Crippen molar-refractivity contribution < 1.29 is 4.74 Å². The number of aryl methyl sites for hydroxylation is 3. The van der Waals surface area contributed by atoms with E-state index in [0.29, 0.717) is 23.6 Å². The van der Waals surface area contributed by atoms with E-state index in [1.807, 2.05) is 56.3 Å². The second kappa shape index (κ2) is 10.7. The number of hydrogen-bond acceptors (Lipinski definition) is 5. The second-order valence-electron chi connectivity index (χ2n) is 7.40. The maximum atomic E-state index is 5.55. The van der Waals surface area contributed by atoms with Crippen LogP contribution in [0.2, 0.25) is 0 Å². The van der Waals surface area contributed by atoms with Crippen LogP contribution in [0.1, 0.15) is 28.1 Å². The molecule has 0 fully saturated rings. The van der Waals surface area contributed by atoms with Crippen LogP contribution in [0.15, 0.2) is 53.5 Å². The number of ether oxygens (including phenoxy) is 1. The molecular weight excluding hydrogens is 420 g/mol. The molecule has 166 valence electrons. The van der Waals surface area contributed by atoms with E-state index in [2.05, 4.69) is 50.8 Å². The Hall–Kier alpha value is -3.52. The molecule has 0 saturated carbocycles. The molecule has 32 heavy (non-hydrogen) atoms. The molecule has 0 aliphatic heterocycles. The number of guanidine groups is 1. The third-order valence-electron chi connectivity index (χ3n) is 4.90. The van der Waals surface area contributed by atoms with E-state index >= 15 is 0 Å². The van der Waals surface area contributed by atoms with E-state index in [4.69, 9.17) is 17.0 Å². The highest BCUT2D eigenvalue weighted by Gasteiger charge is 2.10.